The Morgan fingerprint density at radius 1 is 1.45 bits per heavy atom. The first-order valence-corrected chi connectivity index (χ1v) is 4.54. The van der Waals surface area contributed by atoms with E-state index in [1.807, 2.05) is 0 Å². The smallest absolute Gasteiger partial charge is 0.0684 e. The Kier molecular flexibility index (Phi) is 1.59. The zero-order chi connectivity index (χ0) is 7.84. The number of hydrogen-bond acceptors (Lipinski definition) is 1. The first kappa shape index (κ1) is 7.08. The molecule has 2 aliphatic rings. The summed E-state index contributed by atoms with van der Waals surface area (Å²) in [6, 6.07) is 0.410. The summed E-state index contributed by atoms with van der Waals surface area (Å²) in [5, 5.41) is 0. The van der Waals surface area contributed by atoms with Gasteiger partial charge in [0.1, 0.15) is 0 Å². The lowest BCUT2D eigenvalue weighted by Crippen LogP contribution is -2.16. The molecule has 1 unspecified atom stereocenters. The highest BCUT2D eigenvalue weighted by molar-refractivity contribution is 5.92. The lowest BCUT2D eigenvalue weighted by atomic mass is 9.83. The molecule has 0 aromatic carbocycles. The normalized spacial score (nSPS) is 36.8. The first-order chi connectivity index (χ1) is 5.29. The van der Waals surface area contributed by atoms with Gasteiger partial charge in [-0.3, -0.25) is 4.99 Å². The van der Waals surface area contributed by atoms with E-state index >= 15 is 0 Å². The highest BCUT2D eigenvalue weighted by Crippen LogP contribution is 2.34. The molecule has 1 heteroatoms. The first-order valence-electron chi connectivity index (χ1n) is 4.54. The van der Waals surface area contributed by atoms with Crippen LogP contribution in [0.15, 0.2) is 17.1 Å². The number of fused-ring (bicyclic) bond motifs is 1. The van der Waals surface area contributed by atoms with Crippen molar-refractivity contribution in [3.05, 3.63) is 12.2 Å². The molecule has 0 aromatic heterocycles. The van der Waals surface area contributed by atoms with Gasteiger partial charge in [-0.25, -0.2) is 0 Å². The molecule has 1 fully saturated rings. The molecule has 0 saturated heterocycles. The Morgan fingerprint density at radius 3 is 3.00 bits per heavy atom. The average Bonchev–Trinajstić information content (AvgIpc) is 2.30. The van der Waals surface area contributed by atoms with Crippen molar-refractivity contribution >= 4 is 5.71 Å². The monoisotopic (exact) mass is 149 g/mol. The summed E-state index contributed by atoms with van der Waals surface area (Å²) in [5.41, 5.74) is 2.80. The van der Waals surface area contributed by atoms with E-state index in [1.165, 1.54) is 37.0 Å². The number of rotatable bonds is 0. The van der Waals surface area contributed by atoms with Gasteiger partial charge in [-0.15, -0.1) is 0 Å². The van der Waals surface area contributed by atoms with Gasteiger partial charge < -0.3 is 0 Å². The topological polar surface area (TPSA) is 12.4 Å². The molecule has 0 amide bonds. The van der Waals surface area contributed by atoms with E-state index in [4.69, 9.17) is 0 Å². The van der Waals surface area contributed by atoms with Crippen LogP contribution in [0.1, 0.15) is 32.6 Å². The molecule has 0 aromatic rings. The maximum Gasteiger partial charge on any atom is 0.0684 e. The van der Waals surface area contributed by atoms with Gasteiger partial charge in [-0.1, -0.05) is 13.0 Å². The van der Waals surface area contributed by atoms with E-state index < -0.39 is 0 Å². The van der Waals surface area contributed by atoms with E-state index in [-0.39, 0.29) is 0 Å². The van der Waals surface area contributed by atoms with Gasteiger partial charge in [0.15, 0.2) is 0 Å². The van der Waals surface area contributed by atoms with Gasteiger partial charge >= 0.3 is 0 Å². The molecule has 11 heavy (non-hydrogen) atoms. The summed E-state index contributed by atoms with van der Waals surface area (Å²) in [4.78, 5) is 4.61. The molecule has 1 aliphatic heterocycles. The van der Waals surface area contributed by atoms with Crippen LogP contribution in [0.25, 0.3) is 0 Å². The molecule has 1 nitrogen and oxygen atoms in total. The molecule has 0 radical (unpaired) electrons. The zero-order valence-corrected chi connectivity index (χ0v) is 7.14. The standard InChI is InChI=1S/C10H15N/c1-7-8(2)11-10-6-4-3-5-9(7)10/h8-9H,1,3-6H2,2H3/t8-,9?/m0/s1. The van der Waals surface area contributed by atoms with Crippen molar-refractivity contribution in [2.45, 2.75) is 38.6 Å². The van der Waals surface area contributed by atoms with Crippen molar-refractivity contribution < 1.29 is 0 Å². The van der Waals surface area contributed by atoms with Crippen molar-refractivity contribution in [2.75, 3.05) is 0 Å². The fourth-order valence-electron chi connectivity index (χ4n) is 2.17. The van der Waals surface area contributed by atoms with Crippen molar-refractivity contribution in [3.63, 3.8) is 0 Å². The Hall–Kier alpha value is -0.590. The van der Waals surface area contributed by atoms with Crippen molar-refractivity contribution in [1.82, 2.24) is 0 Å². The summed E-state index contributed by atoms with van der Waals surface area (Å²) in [7, 11) is 0. The molecule has 1 saturated carbocycles. The summed E-state index contributed by atoms with van der Waals surface area (Å²) in [6.07, 6.45) is 5.25. The molecule has 60 valence electrons. The minimum absolute atomic E-state index is 0.410. The van der Waals surface area contributed by atoms with Crippen LogP contribution in [0.2, 0.25) is 0 Å². The number of aliphatic imine (C=N–C) groups is 1. The zero-order valence-electron chi connectivity index (χ0n) is 7.14. The SMILES string of the molecule is C=C1C2CCCCC2=N[C@H]1C. The van der Waals surface area contributed by atoms with Crippen molar-refractivity contribution in [2.24, 2.45) is 10.9 Å². The van der Waals surface area contributed by atoms with Gasteiger partial charge in [-0.05, 0) is 31.8 Å². The van der Waals surface area contributed by atoms with Crippen LogP contribution in [0.4, 0.5) is 0 Å². The lowest BCUT2D eigenvalue weighted by molar-refractivity contribution is 0.583. The second-order valence-electron chi connectivity index (χ2n) is 3.67. The summed E-state index contributed by atoms with van der Waals surface area (Å²) in [6.45, 7) is 6.27. The molecule has 1 heterocycles. The van der Waals surface area contributed by atoms with Crippen LogP contribution in [0.3, 0.4) is 0 Å². The summed E-state index contributed by atoms with van der Waals surface area (Å²) < 4.78 is 0. The molecule has 0 N–H and O–H groups in total. The molecule has 0 bridgehead atoms. The van der Waals surface area contributed by atoms with Gasteiger partial charge in [0.2, 0.25) is 0 Å². The molecule has 2 rings (SSSR count). The van der Waals surface area contributed by atoms with Crippen LogP contribution in [0.5, 0.6) is 0 Å². The summed E-state index contributed by atoms with van der Waals surface area (Å²) >= 11 is 0. The van der Waals surface area contributed by atoms with Crippen LogP contribution in [-0.4, -0.2) is 11.8 Å². The highest BCUT2D eigenvalue weighted by atomic mass is 14.8. The molecule has 2 atom stereocenters. The maximum atomic E-state index is 4.61. The maximum absolute atomic E-state index is 4.61. The Morgan fingerprint density at radius 2 is 2.27 bits per heavy atom. The van der Waals surface area contributed by atoms with Crippen molar-refractivity contribution in [3.8, 4) is 0 Å². The third kappa shape index (κ3) is 1.03. The Balaban J connectivity index is 2.22. The van der Waals surface area contributed by atoms with Crippen LogP contribution in [-0.2, 0) is 0 Å². The van der Waals surface area contributed by atoms with E-state index in [0.29, 0.717) is 12.0 Å². The van der Waals surface area contributed by atoms with Crippen LogP contribution in [0, 0.1) is 5.92 Å². The van der Waals surface area contributed by atoms with Crippen molar-refractivity contribution in [1.29, 1.82) is 0 Å². The fraction of sp³-hybridized carbons (Fsp3) is 0.700. The molecular weight excluding hydrogens is 134 g/mol. The Labute approximate surface area is 68.2 Å². The minimum atomic E-state index is 0.410. The van der Waals surface area contributed by atoms with E-state index in [9.17, 15) is 0 Å². The van der Waals surface area contributed by atoms with Crippen LogP contribution >= 0.6 is 0 Å². The fourth-order valence-corrected chi connectivity index (χ4v) is 2.17. The molecular formula is C10H15N. The van der Waals surface area contributed by atoms with E-state index in [1.54, 1.807) is 0 Å². The summed E-state index contributed by atoms with van der Waals surface area (Å²) in [5.74, 6) is 0.666. The largest absolute Gasteiger partial charge is 0.286 e. The number of nitrogens with zero attached hydrogens (tertiary/aromatic N) is 1. The van der Waals surface area contributed by atoms with Gasteiger partial charge in [0, 0.05) is 11.6 Å². The predicted molar refractivity (Wildman–Crippen MR) is 48.0 cm³/mol. The minimum Gasteiger partial charge on any atom is -0.286 e. The highest BCUT2D eigenvalue weighted by Gasteiger charge is 2.30. The van der Waals surface area contributed by atoms with E-state index in [0.717, 1.165) is 0 Å². The van der Waals surface area contributed by atoms with Gasteiger partial charge in [0.25, 0.3) is 0 Å². The van der Waals surface area contributed by atoms with Crippen LogP contribution < -0.4 is 0 Å². The van der Waals surface area contributed by atoms with Gasteiger partial charge in [-0.2, -0.15) is 0 Å². The quantitative estimate of drug-likeness (QED) is 0.469. The van der Waals surface area contributed by atoms with E-state index in [2.05, 4.69) is 18.5 Å². The Bertz CT molecular complexity index is 215. The second kappa shape index (κ2) is 2.47. The lowest BCUT2D eigenvalue weighted by Gasteiger charge is -2.19. The second-order valence-corrected chi connectivity index (χ2v) is 3.67. The molecule has 0 spiro atoms. The predicted octanol–water partition coefficient (Wildman–Crippen LogP) is 2.58. The van der Waals surface area contributed by atoms with Gasteiger partial charge in [0.05, 0.1) is 6.04 Å². The number of hydrogen-bond donors (Lipinski definition) is 0. The average molecular weight is 149 g/mol. The third-order valence-electron chi connectivity index (χ3n) is 2.92. The third-order valence-corrected chi connectivity index (χ3v) is 2.92. The molecule has 1 aliphatic carbocycles.